The molecule has 110 valence electrons. The van der Waals surface area contributed by atoms with Crippen molar-refractivity contribution in [2.45, 2.75) is 6.92 Å². The molecule has 0 aliphatic heterocycles. The van der Waals surface area contributed by atoms with Crippen LogP contribution in [0.4, 0.5) is 22.7 Å². The van der Waals surface area contributed by atoms with Crippen molar-refractivity contribution in [3.8, 4) is 0 Å². The predicted molar refractivity (Wildman–Crippen MR) is 89.7 cm³/mol. The van der Waals surface area contributed by atoms with E-state index in [0.717, 1.165) is 0 Å². The van der Waals surface area contributed by atoms with Crippen molar-refractivity contribution in [2.75, 3.05) is 17.2 Å². The topological polar surface area (TPSA) is 67.2 Å². The lowest BCUT2D eigenvalue weighted by atomic mass is 10.2. The fraction of sp³-hybridized carbons (Fsp3) is 0.143. The third-order valence-electron chi connectivity index (χ3n) is 2.81. The molecule has 0 aromatic heterocycles. The Bertz CT molecular complexity index is 679. The fourth-order valence-electron chi connectivity index (χ4n) is 1.92. The first-order chi connectivity index (χ1) is 10.0. The summed E-state index contributed by atoms with van der Waals surface area (Å²) in [5, 5.41) is 17.9. The molecular formula is C14H13BrClN3O2. The number of nitro benzene ring substituents is 1. The van der Waals surface area contributed by atoms with Crippen molar-refractivity contribution in [3.63, 3.8) is 0 Å². The molecule has 7 heteroatoms. The Balaban J connectivity index is 2.46. The van der Waals surface area contributed by atoms with Gasteiger partial charge in [0.25, 0.3) is 0 Å². The number of anilines is 3. The molecule has 0 unspecified atom stereocenters. The van der Waals surface area contributed by atoms with Gasteiger partial charge in [-0.3, -0.25) is 10.1 Å². The molecule has 0 amide bonds. The van der Waals surface area contributed by atoms with Crippen LogP contribution in [0.3, 0.4) is 0 Å². The Morgan fingerprint density at radius 2 is 1.81 bits per heavy atom. The molecule has 0 aliphatic carbocycles. The lowest BCUT2D eigenvalue weighted by molar-refractivity contribution is -0.383. The highest BCUT2D eigenvalue weighted by Crippen LogP contribution is 2.38. The molecule has 2 rings (SSSR count). The number of rotatable bonds is 5. The standard InChI is InChI=1S/C14H13BrClN3O2/c1-2-17-11-7-4-8-12(14(11)19(20)21)18-10-6-3-5-9(16)13(10)15/h3-8,17-18H,2H2,1H3. The van der Waals surface area contributed by atoms with Crippen LogP contribution in [-0.2, 0) is 0 Å². The summed E-state index contributed by atoms with van der Waals surface area (Å²) in [6, 6.07) is 10.4. The van der Waals surface area contributed by atoms with Crippen LogP contribution in [0.1, 0.15) is 6.92 Å². The van der Waals surface area contributed by atoms with Gasteiger partial charge in [0.1, 0.15) is 11.4 Å². The van der Waals surface area contributed by atoms with Crippen LogP contribution < -0.4 is 10.6 Å². The molecule has 0 saturated carbocycles. The van der Waals surface area contributed by atoms with Gasteiger partial charge >= 0.3 is 5.69 Å². The smallest absolute Gasteiger partial charge is 0.315 e. The molecule has 0 aliphatic rings. The van der Waals surface area contributed by atoms with Gasteiger partial charge in [-0.15, -0.1) is 0 Å². The molecule has 5 nitrogen and oxygen atoms in total. The number of benzene rings is 2. The number of hydrogen-bond donors (Lipinski definition) is 2. The second-order valence-electron chi connectivity index (χ2n) is 4.22. The van der Waals surface area contributed by atoms with E-state index < -0.39 is 4.92 Å². The van der Waals surface area contributed by atoms with E-state index in [0.29, 0.717) is 33.1 Å². The SMILES string of the molecule is CCNc1cccc(Nc2cccc(Cl)c2Br)c1[N+](=O)[O-]. The third kappa shape index (κ3) is 3.46. The van der Waals surface area contributed by atoms with Crippen LogP contribution in [0.2, 0.25) is 5.02 Å². The van der Waals surface area contributed by atoms with Crippen LogP contribution in [0.5, 0.6) is 0 Å². The Kier molecular flexibility index (Phi) is 5.03. The van der Waals surface area contributed by atoms with Crippen LogP contribution in [-0.4, -0.2) is 11.5 Å². The predicted octanol–water partition coefficient (Wildman–Crippen LogP) is 5.19. The van der Waals surface area contributed by atoms with Gasteiger partial charge in [-0.1, -0.05) is 23.7 Å². The molecule has 0 atom stereocenters. The van der Waals surface area contributed by atoms with Crippen molar-refractivity contribution in [1.82, 2.24) is 0 Å². The molecule has 0 heterocycles. The fourth-order valence-corrected chi connectivity index (χ4v) is 2.46. The van der Waals surface area contributed by atoms with Crippen molar-refractivity contribution in [2.24, 2.45) is 0 Å². The molecule has 2 aromatic carbocycles. The lowest BCUT2D eigenvalue weighted by Gasteiger charge is -2.12. The second kappa shape index (κ2) is 6.78. The average molecular weight is 371 g/mol. The second-order valence-corrected chi connectivity index (χ2v) is 5.42. The van der Waals surface area contributed by atoms with Gasteiger partial charge in [0.15, 0.2) is 0 Å². The Labute approximate surface area is 135 Å². The number of para-hydroxylation sites is 1. The van der Waals surface area contributed by atoms with E-state index in [1.807, 2.05) is 6.92 Å². The van der Waals surface area contributed by atoms with Crippen LogP contribution >= 0.6 is 27.5 Å². The molecule has 2 N–H and O–H groups in total. The van der Waals surface area contributed by atoms with Gasteiger partial charge in [0.05, 0.1) is 20.1 Å². The van der Waals surface area contributed by atoms with Crippen molar-refractivity contribution in [1.29, 1.82) is 0 Å². The van der Waals surface area contributed by atoms with E-state index in [1.165, 1.54) is 0 Å². The van der Waals surface area contributed by atoms with Crippen molar-refractivity contribution < 1.29 is 4.92 Å². The Hall–Kier alpha value is -1.79. The summed E-state index contributed by atoms with van der Waals surface area (Å²) in [6.07, 6.45) is 0. The lowest BCUT2D eigenvalue weighted by Crippen LogP contribution is -2.04. The quantitative estimate of drug-likeness (QED) is 0.561. The van der Waals surface area contributed by atoms with Crippen LogP contribution in [0.25, 0.3) is 0 Å². The average Bonchev–Trinajstić information content (AvgIpc) is 2.44. The minimum Gasteiger partial charge on any atom is -0.380 e. The highest BCUT2D eigenvalue weighted by atomic mass is 79.9. The normalized spacial score (nSPS) is 10.2. The number of halogens is 2. The summed E-state index contributed by atoms with van der Waals surface area (Å²) in [5.74, 6) is 0. The van der Waals surface area contributed by atoms with E-state index >= 15 is 0 Å². The number of nitrogens with zero attached hydrogens (tertiary/aromatic N) is 1. The first-order valence-electron chi connectivity index (χ1n) is 6.27. The largest absolute Gasteiger partial charge is 0.380 e. The highest BCUT2D eigenvalue weighted by Gasteiger charge is 2.20. The van der Waals surface area contributed by atoms with E-state index in [4.69, 9.17) is 11.6 Å². The van der Waals surface area contributed by atoms with Gasteiger partial charge in [0.2, 0.25) is 0 Å². The van der Waals surface area contributed by atoms with E-state index in [1.54, 1.807) is 36.4 Å². The van der Waals surface area contributed by atoms with Crippen LogP contribution in [0.15, 0.2) is 40.9 Å². The molecule has 0 spiro atoms. The molecular weight excluding hydrogens is 358 g/mol. The highest BCUT2D eigenvalue weighted by molar-refractivity contribution is 9.10. The Morgan fingerprint density at radius 3 is 2.48 bits per heavy atom. The monoisotopic (exact) mass is 369 g/mol. The van der Waals surface area contributed by atoms with Gasteiger partial charge < -0.3 is 10.6 Å². The van der Waals surface area contributed by atoms with E-state index in [-0.39, 0.29) is 5.69 Å². The van der Waals surface area contributed by atoms with Gasteiger partial charge in [0, 0.05) is 6.54 Å². The number of nitrogens with one attached hydrogen (secondary N) is 2. The summed E-state index contributed by atoms with van der Waals surface area (Å²) in [5.41, 5.74) is 1.55. The van der Waals surface area contributed by atoms with Gasteiger partial charge in [-0.2, -0.15) is 0 Å². The Morgan fingerprint density at radius 1 is 1.19 bits per heavy atom. The zero-order valence-electron chi connectivity index (χ0n) is 11.2. The summed E-state index contributed by atoms with van der Waals surface area (Å²) < 4.78 is 0.662. The minimum atomic E-state index is -0.404. The van der Waals surface area contributed by atoms with Crippen molar-refractivity contribution in [3.05, 3.63) is 56.0 Å². The molecule has 0 bridgehead atoms. The van der Waals surface area contributed by atoms with Crippen LogP contribution in [0, 0.1) is 10.1 Å². The first kappa shape index (κ1) is 15.6. The maximum Gasteiger partial charge on any atom is 0.315 e. The first-order valence-corrected chi connectivity index (χ1v) is 7.44. The van der Waals surface area contributed by atoms with Gasteiger partial charge in [-0.05, 0) is 47.1 Å². The molecule has 0 saturated heterocycles. The zero-order chi connectivity index (χ0) is 15.4. The zero-order valence-corrected chi connectivity index (χ0v) is 13.5. The summed E-state index contributed by atoms with van der Waals surface area (Å²) in [6.45, 7) is 2.49. The summed E-state index contributed by atoms with van der Waals surface area (Å²) >= 11 is 9.40. The third-order valence-corrected chi connectivity index (χ3v) is 4.20. The molecule has 0 fully saturated rings. The van der Waals surface area contributed by atoms with E-state index in [2.05, 4.69) is 26.6 Å². The van der Waals surface area contributed by atoms with Crippen molar-refractivity contribution >= 4 is 50.3 Å². The van der Waals surface area contributed by atoms with Gasteiger partial charge in [-0.25, -0.2) is 0 Å². The molecule has 2 aromatic rings. The maximum absolute atomic E-state index is 11.3. The summed E-state index contributed by atoms with van der Waals surface area (Å²) in [7, 11) is 0. The van der Waals surface area contributed by atoms with E-state index in [9.17, 15) is 10.1 Å². The molecule has 21 heavy (non-hydrogen) atoms. The summed E-state index contributed by atoms with van der Waals surface area (Å²) in [4.78, 5) is 10.9. The number of hydrogen-bond acceptors (Lipinski definition) is 4. The minimum absolute atomic E-state index is 0.00576. The maximum atomic E-state index is 11.3. The number of nitro groups is 1. The molecule has 0 radical (unpaired) electrons.